The van der Waals surface area contributed by atoms with Crippen LogP contribution in [-0.4, -0.2) is 21.5 Å². The van der Waals surface area contributed by atoms with E-state index in [0.717, 1.165) is 29.4 Å². The molecule has 0 aliphatic heterocycles. The van der Waals surface area contributed by atoms with Crippen molar-refractivity contribution in [2.24, 2.45) is 0 Å². The fourth-order valence-corrected chi connectivity index (χ4v) is 2.31. The highest BCUT2D eigenvalue weighted by Crippen LogP contribution is 2.16. The lowest BCUT2D eigenvalue weighted by Crippen LogP contribution is -2.08. The second-order valence-corrected chi connectivity index (χ2v) is 5.69. The van der Waals surface area contributed by atoms with Crippen molar-refractivity contribution in [2.45, 2.75) is 33.7 Å². The summed E-state index contributed by atoms with van der Waals surface area (Å²) in [5, 5.41) is 7.57. The van der Waals surface area contributed by atoms with Crippen LogP contribution in [0.1, 0.15) is 28.8 Å². The standard InChI is InChI=1S/C13H19N5S/c1-4-5-14-13-17-6-9(2)12(18-13)16-8-11-15-7-10(3)19-11/h6-7H,4-5,8H2,1-3H3,(H2,14,16,17,18). The van der Waals surface area contributed by atoms with E-state index in [-0.39, 0.29) is 0 Å². The summed E-state index contributed by atoms with van der Waals surface area (Å²) in [5.74, 6) is 1.53. The number of hydrogen-bond donors (Lipinski definition) is 2. The minimum Gasteiger partial charge on any atom is -0.363 e. The second-order valence-electron chi connectivity index (χ2n) is 4.37. The molecule has 2 heterocycles. The van der Waals surface area contributed by atoms with E-state index in [1.807, 2.05) is 19.3 Å². The first-order chi connectivity index (χ1) is 9.19. The molecule has 0 aliphatic carbocycles. The summed E-state index contributed by atoms with van der Waals surface area (Å²) in [5.41, 5.74) is 1.04. The Morgan fingerprint density at radius 3 is 2.68 bits per heavy atom. The van der Waals surface area contributed by atoms with Gasteiger partial charge in [-0.1, -0.05) is 6.92 Å². The van der Waals surface area contributed by atoms with Crippen LogP contribution in [0.2, 0.25) is 0 Å². The first kappa shape index (κ1) is 13.7. The van der Waals surface area contributed by atoms with Gasteiger partial charge in [0.1, 0.15) is 10.8 Å². The van der Waals surface area contributed by atoms with E-state index < -0.39 is 0 Å². The smallest absolute Gasteiger partial charge is 0.224 e. The van der Waals surface area contributed by atoms with E-state index in [1.165, 1.54) is 4.88 Å². The largest absolute Gasteiger partial charge is 0.363 e. The molecule has 2 aromatic heterocycles. The van der Waals surface area contributed by atoms with Crippen LogP contribution in [0.25, 0.3) is 0 Å². The number of nitrogens with one attached hydrogen (secondary N) is 2. The number of hydrogen-bond acceptors (Lipinski definition) is 6. The zero-order chi connectivity index (χ0) is 13.7. The van der Waals surface area contributed by atoms with E-state index in [0.29, 0.717) is 12.5 Å². The molecule has 0 spiro atoms. The number of rotatable bonds is 6. The average Bonchev–Trinajstić information content (AvgIpc) is 2.82. The van der Waals surface area contributed by atoms with Crippen LogP contribution in [0.15, 0.2) is 12.4 Å². The summed E-state index contributed by atoms with van der Waals surface area (Å²) >= 11 is 1.70. The monoisotopic (exact) mass is 277 g/mol. The molecule has 0 bridgehead atoms. The molecule has 2 rings (SSSR count). The molecule has 0 radical (unpaired) electrons. The molecule has 102 valence electrons. The fraction of sp³-hybridized carbons (Fsp3) is 0.462. The molecule has 0 saturated carbocycles. The molecule has 0 fully saturated rings. The Labute approximate surface area is 117 Å². The summed E-state index contributed by atoms with van der Waals surface area (Å²) in [6, 6.07) is 0. The van der Waals surface area contributed by atoms with Crippen molar-refractivity contribution in [2.75, 3.05) is 17.2 Å². The van der Waals surface area contributed by atoms with E-state index in [1.54, 1.807) is 11.3 Å². The van der Waals surface area contributed by atoms with Crippen molar-refractivity contribution in [1.82, 2.24) is 15.0 Å². The Morgan fingerprint density at radius 2 is 2.00 bits per heavy atom. The van der Waals surface area contributed by atoms with Crippen LogP contribution in [0, 0.1) is 13.8 Å². The zero-order valence-corrected chi connectivity index (χ0v) is 12.3. The molecule has 0 aromatic carbocycles. The third-order valence-corrected chi connectivity index (χ3v) is 3.49. The van der Waals surface area contributed by atoms with Crippen molar-refractivity contribution in [1.29, 1.82) is 0 Å². The van der Waals surface area contributed by atoms with Crippen molar-refractivity contribution < 1.29 is 0 Å². The van der Waals surface area contributed by atoms with Crippen molar-refractivity contribution in [3.8, 4) is 0 Å². The molecule has 2 aromatic rings. The van der Waals surface area contributed by atoms with Crippen molar-refractivity contribution in [3.05, 3.63) is 27.8 Å². The summed E-state index contributed by atoms with van der Waals surface area (Å²) in [6.45, 7) is 7.76. The molecular formula is C13H19N5S. The summed E-state index contributed by atoms with van der Waals surface area (Å²) in [7, 11) is 0. The van der Waals surface area contributed by atoms with Gasteiger partial charge in [0.2, 0.25) is 5.95 Å². The van der Waals surface area contributed by atoms with E-state index >= 15 is 0 Å². The van der Waals surface area contributed by atoms with Crippen LogP contribution < -0.4 is 10.6 Å². The molecule has 0 unspecified atom stereocenters. The predicted octanol–water partition coefficient (Wildman–Crippen LogP) is 2.98. The van der Waals surface area contributed by atoms with Gasteiger partial charge < -0.3 is 10.6 Å². The van der Waals surface area contributed by atoms with Crippen LogP contribution in [0.3, 0.4) is 0 Å². The maximum Gasteiger partial charge on any atom is 0.224 e. The van der Waals surface area contributed by atoms with Gasteiger partial charge in [-0.3, -0.25) is 0 Å². The van der Waals surface area contributed by atoms with E-state index in [9.17, 15) is 0 Å². The first-order valence-electron chi connectivity index (χ1n) is 6.41. The third kappa shape index (κ3) is 3.89. The molecule has 6 heteroatoms. The molecule has 0 atom stereocenters. The Kier molecular flexibility index (Phi) is 4.68. The van der Waals surface area contributed by atoms with Gasteiger partial charge in [-0.2, -0.15) is 4.98 Å². The normalized spacial score (nSPS) is 10.5. The highest BCUT2D eigenvalue weighted by atomic mass is 32.1. The van der Waals surface area contributed by atoms with Gasteiger partial charge in [-0.15, -0.1) is 11.3 Å². The lowest BCUT2D eigenvalue weighted by molar-refractivity contribution is 0.946. The topological polar surface area (TPSA) is 62.7 Å². The highest BCUT2D eigenvalue weighted by Gasteiger charge is 2.05. The Morgan fingerprint density at radius 1 is 1.16 bits per heavy atom. The summed E-state index contributed by atoms with van der Waals surface area (Å²) in [4.78, 5) is 14.3. The minimum atomic E-state index is 0.672. The summed E-state index contributed by atoms with van der Waals surface area (Å²) < 4.78 is 0. The van der Waals surface area contributed by atoms with Crippen LogP contribution in [0.4, 0.5) is 11.8 Å². The Bertz CT molecular complexity index is 538. The van der Waals surface area contributed by atoms with Crippen LogP contribution in [-0.2, 0) is 6.54 Å². The molecule has 19 heavy (non-hydrogen) atoms. The Balaban J connectivity index is 2.02. The second kappa shape index (κ2) is 6.47. The lowest BCUT2D eigenvalue weighted by Gasteiger charge is -2.09. The summed E-state index contributed by atoms with van der Waals surface area (Å²) in [6.07, 6.45) is 4.78. The third-order valence-electron chi connectivity index (χ3n) is 2.58. The van der Waals surface area contributed by atoms with Crippen molar-refractivity contribution in [3.63, 3.8) is 0 Å². The molecule has 5 nitrogen and oxygen atoms in total. The van der Waals surface area contributed by atoms with Gasteiger partial charge in [0, 0.05) is 29.4 Å². The average molecular weight is 277 g/mol. The number of nitrogens with zero attached hydrogens (tertiary/aromatic N) is 3. The number of thiazole rings is 1. The number of anilines is 2. The first-order valence-corrected chi connectivity index (χ1v) is 7.23. The van der Waals surface area contributed by atoms with Crippen LogP contribution in [0.5, 0.6) is 0 Å². The van der Waals surface area contributed by atoms with Crippen LogP contribution >= 0.6 is 11.3 Å². The van der Waals surface area contributed by atoms with Gasteiger partial charge in [0.05, 0.1) is 6.54 Å². The van der Waals surface area contributed by atoms with Gasteiger partial charge in [-0.05, 0) is 20.3 Å². The van der Waals surface area contributed by atoms with E-state index in [4.69, 9.17) is 0 Å². The number of aryl methyl sites for hydroxylation is 2. The number of aromatic nitrogens is 3. The fourth-order valence-electron chi connectivity index (χ4n) is 1.59. The maximum atomic E-state index is 4.48. The molecule has 0 amide bonds. The van der Waals surface area contributed by atoms with Gasteiger partial charge in [0.15, 0.2) is 0 Å². The highest BCUT2D eigenvalue weighted by molar-refractivity contribution is 7.11. The zero-order valence-electron chi connectivity index (χ0n) is 11.5. The van der Waals surface area contributed by atoms with Gasteiger partial charge >= 0.3 is 0 Å². The predicted molar refractivity (Wildman–Crippen MR) is 79.7 cm³/mol. The SMILES string of the molecule is CCCNc1ncc(C)c(NCc2ncc(C)s2)n1. The minimum absolute atomic E-state index is 0.672. The molecule has 0 aliphatic rings. The molecule has 0 saturated heterocycles. The lowest BCUT2D eigenvalue weighted by atomic mass is 10.3. The van der Waals surface area contributed by atoms with Crippen molar-refractivity contribution >= 4 is 23.1 Å². The van der Waals surface area contributed by atoms with Gasteiger partial charge in [-0.25, -0.2) is 9.97 Å². The maximum absolute atomic E-state index is 4.48. The quantitative estimate of drug-likeness (QED) is 0.850. The molecule has 2 N–H and O–H groups in total. The van der Waals surface area contributed by atoms with E-state index in [2.05, 4.69) is 39.4 Å². The van der Waals surface area contributed by atoms with Gasteiger partial charge in [0.25, 0.3) is 0 Å². The Hall–Kier alpha value is -1.69. The molecular weight excluding hydrogens is 258 g/mol.